The van der Waals surface area contributed by atoms with E-state index >= 15 is 0 Å². The molecule has 1 fully saturated rings. The number of fused-ring (bicyclic) bond motifs is 3. The van der Waals surface area contributed by atoms with E-state index in [0.29, 0.717) is 26.1 Å². The van der Waals surface area contributed by atoms with Gasteiger partial charge in [-0.3, -0.25) is 9.59 Å². The molecule has 1 aliphatic carbocycles. The van der Waals surface area contributed by atoms with E-state index in [1.54, 1.807) is 0 Å². The topological polar surface area (TPSA) is 134 Å². The fraction of sp³-hybridized carbons (Fsp3) is 0.423. The molecule has 0 spiro atoms. The van der Waals surface area contributed by atoms with E-state index in [2.05, 4.69) is 22.8 Å². The summed E-state index contributed by atoms with van der Waals surface area (Å²) in [6.45, 7) is 0.611. The van der Waals surface area contributed by atoms with Crippen LogP contribution in [0.25, 0.3) is 11.1 Å². The lowest BCUT2D eigenvalue weighted by Gasteiger charge is -2.33. The van der Waals surface area contributed by atoms with Gasteiger partial charge in [0.25, 0.3) is 0 Å². The van der Waals surface area contributed by atoms with Crippen molar-refractivity contribution in [2.24, 2.45) is 5.41 Å². The summed E-state index contributed by atoms with van der Waals surface area (Å²) in [6, 6.07) is 16.0. The first-order valence-corrected chi connectivity index (χ1v) is 11.7. The zero-order valence-electron chi connectivity index (χ0n) is 19.4. The van der Waals surface area contributed by atoms with Crippen molar-refractivity contribution in [2.45, 2.75) is 31.3 Å². The number of nitrogens with one attached hydrogen (secondary N) is 2. The molecule has 2 amide bonds. The van der Waals surface area contributed by atoms with Gasteiger partial charge in [-0.05, 0) is 35.1 Å². The minimum absolute atomic E-state index is 0.0307. The number of ether oxygens (including phenoxy) is 2. The number of aliphatic hydroxyl groups is 1. The zero-order valence-corrected chi connectivity index (χ0v) is 19.4. The van der Waals surface area contributed by atoms with Crippen molar-refractivity contribution in [3.63, 3.8) is 0 Å². The molecule has 4 rings (SSSR count). The number of carbonyl (C=O) groups is 3. The van der Waals surface area contributed by atoms with Crippen molar-refractivity contribution >= 4 is 18.0 Å². The van der Waals surface area contributed by atoms with E-state index in [-0.39, 0.29) is 32.0 Å². The molecule has 0 radical (unpaired) electrons. The summed E-state index contributed by atoms with van der Waals surface area (Å²) in [7, 11) is 0. The van der Waals surface area contributed by atoms with Crippen molar-refractivity contribution < 1.29 is 34.1 Å². The number of aliphatic carboxylic acids is 1. The molecule has 2 aromatic carbocycles. The highest BCUT2D eigenvalue weighted by molar-refractivity contribution is 5.80. The molecule has 1 atom stereocenters. The van der Waals surface area contributed by atoms with Crippen LogP contribution in [-0.4, -0.2) is 67.2 Å². The van der Waals surface area contributed by atoms with Crippen molar-refractivity contribution in [3.8, 4) is 11.1 Å². The van der Waals surface area contributed by atoms with Crippen molar-refractivity contribution in [2.75, 3.05) is 32.9 Å². The predicted octanol–water partition coefficient (Wildman–Crippen LogP) is 2.27. The van der Waals surface area contributed by atoms with Crippen LogP contribution in [0.3, 0.4) is 0 Å². The molecule has 9 heteroatoms. The molecule has 186 valence electrons. The highest BCUT2D eigenvalue weighted by atomic mass is 16.5. The minimum atomic E-state index is -1.13. The normalized spacial score (nSPS) is 17.1. The fourth-order valence-corrected chi connectivity index (χ4v) is 4.71. The molecule has 35 heavy (non-hydrogen) atoms. The Hall–Kier alpha value is -3.43. The minimum Gasteiger partial charge on any atom is -0.481 e. The summed E-state index contributed by atoms with van der Waals surface area (Å²) >= 11 is 0. The Morgan fingerprint density at radius 3 is 2.20 bits per heavy atom. The molecule has 4 N–H and O–H groups in total. The van der Waals surface area contributed by atoms with Gasteiger partial charge in [-0.2, -0.15) is 0 Å². The molecule has 1 saturated heterocycles. The lowest BCUT2D eigenvalue weighted by molar-refractivity contribution is -0.154. The summed E-state index contributed by atoms with van der Waals surface area (Å²) in [6.07, 6.45) is -1.46. The van der Waals surface area contributed by atoms with E-state index in [0.717, 1.165) is 22.3 Å². The van der Waals surface area contributed by atoms with Crippen molar-refractivity contribution in [3.05, 3.63) is 59.7 Å². The molecule has 9 nitrogen and oxygen atoms in total. The second-order valence-corrected chi connectivity index (χ2v) is 9.04. The highest BCUT2D eigenvalue weighted by Gasteiger charge is 2.40. The fourth-order valence-electron chi connectivity index (χ4n) is 4.71. The number of amides is 2. The Kier molecular flexibility index (Phi) is 7.67. The number of aliphatic hydroxyl groups excluding tert-OH is 1. The summed E-state index contributed by atoms with van der Waals surface area (Å²) in [4.78, 5) is 36.1. The lowest BCUT2D eigenvalue weighted by Crippen LogP contribution is -2.47. The number of hydrogen-bond donors (Lipinski definition) is 4. The van der Waals surface area contributed by atoms with E-state index in [1.807, 2.05) is 36.4 Å². The van der Waals surface area contributed by atoms with Crippen LogP contribution in [0.2, 0.25) is 0 Å². The van der Waals surface area contributed by atoms with Crippen LogP contribution in [0, 0.1) is 5.41 Å². The van der Waals surface area contributed by atoms with E-state index in [4.69, 9.17) is 9.47 Å². The van der Waals surface area contributed by atoms with Gasteiger partial charge >= 0.3 is 12.1 Å². The van der Waals surface area contributed by atoms with Gasteiger partial charge < -0.3 is 30.3 Å². The van der Waals surface area contributed by atoms with E-state index in [1.165, 1.54) is 0 Å². The van der Waals surface area contributed by atoms with Gasteiger partial charge in [0.15, 0.2) is 0 Å². The molecule has 2 aromatic rings. The maximum Gasteiger partial charge on any atom is 0.407 e. The van der Waals surface area contributed by atoms with Gasteiger partial charge in [-0.15, -0.1) is 0 Å². The van der Waals surface area contributed by atoms with Crippen LogP contribution >= 0.6 is 0 Å². The average Bonchev–Trinajstić information content (AvgIpc) is 3.19. The number of benzene rings is 2. The second kappa shape index (κ2) is 10.9. The first-order valence-electron chi connectivity index (χ1n) is 11.7. The van der Waals surface area contributed by atoms with E-state index in [9.17, 15) is 24.6 Å². The lowest BCUT2D eigenvalue weighted by atomic mass is 9.80. The third-order valence-corrected chi connectivity index (χ3v) is 6.77. The van der Waals surface area contributed by atoms with Crippen molar-refractivity contribution in [1.29, 1.82) is 0 Å². The third kappa shape index (κ3) is 5.63. The average molecular weight is 483 g/mol. The second-order valence-electron chi connectivity index (χ2n) is 9.04. The number of hydrogen-bond acceptors (Lipinski definition) is 6. The highest BCUT2D eigenvalue weighted by Crippen LogP contribution is 2.44. The number of carboxylic acids is 1. The van der Waals surface area contributed by atoms with E-state index < -0.39 is 29.5 Å². The third-order valence-electron chi connectivity index (χ3n) is 6.77. The monoisotopic (exact) mass is 482 g/mol. The maximum absolute atomic E-state index is 12.2. The predicted molar refractivity (Wildman–Crippen MR) is 127 cm³/mol. The standard InChI is InChI=1S/C26H30N2O7/c29-17(13-23(30)28-16-26(24(31)32)9-11-34-12-10-26)14-27-25(33)35-15-22-20-7-3-1-5-18(20)19-6-2-4-8-21(19)22/h1-8,17,22,29H,9-16H2,(H,27,33)(H,28,30)(H,31,32). The van der Waals surface area contributed by atoms with Gasteiger partial charge in [0.1, 0.15) is 6.61 Å². The zero-order chi connectivity index (χ0) is 24.8. The Morgan fingerprint density at radius 2 is 1.60 bits per heavy atom. The largest absolute Gasteiger partial charge is 0.481 e. The molecule has 0 saturated carbocycles. The maximum atomic E-state index is 12.2. The summed E-state index contributed by atoms with van der Waals surface area (Å²) in [5, 5.41) is 24.8. The van der Waals surface area contributed by atoms with Crippen molar-refractivity contribution in [1.82, 2.24) is 10.6 Å². The molecule has 0 bridgehead atoms. The Labute approximate surface area is 203 Å². The molecule has 1 heterocycles. The van der Waals surface area contributed by atoms with Crippen LogP contribution < -0.4 is 10.6 Å². The number of carboxylic acid groups (broad SMARTS) is 1. The van der Waals surface area contributed by atoms with Crippen LogP contribution in [0.15, 0.2) is 48.5 Å². The first-order chi connectivity index (χ1) is 16.9. The molecular formula is C26H30N2O7. The Bertz CT molecular complexity index is 1040. The first kappa shape index (κ1) is 24.7. The number of rotatable bonds is 9. The number of carbonyl (C=O) groups excluding carboxylic acids is 2. The summed E-state index contributed by atoms with van der Waals surface area (Å²) < 4.78 is 10.6. The quantitative estimate of drug-likeness (QED) is 0.431. The molecular weight excluding hydrogens is 452 g/mol. The molecule has 1 aliphatic heterocycles. The van der Waals surface area contributed by atoms with Gasteiger partial charge in [0.2, 0.25) is 5.91 Å². The smallest absolute Gasteiger partial charge is 0.407 e. The number of alkyl carbamates (subject to hydrolysis) is 1. The Balaban J connectivity index is 1.21. The van der Waals surface area contributed by atoms with Gasteiger partial charge in [0, 0.05) is 32.2 Å². The SMILES string of the molecule is O=C(CC(O)CNC(=O)OCC1c2ccccc2-c2ccccc21)NCC1(C(=O)O)CCOCC1. The van der Waals surface area contributed by atoms with Gasteiger partial charge in [0.05, 0.1) is 17.9 Å². The summed E-state index contributed by atoms with van der Waals surface area (Å²) in [5.41, 5.74) is 3.40. The van der Waals surface area contributed by atoms with Crippen LogP contribution in [0.4, 0.5) is 4.79 Å². The molecule has 0 aromatic heterocycles. The van der Waals surface area contributed by atoms with Crippen LogP contribution in [0.1, 0.15) is 36.3 Å². The Morgan fingerprint density at radius 1 is 1.00 bits per heavy atom. The van der Waals surface area contributed by atoms with Crippen LogP contribution in [-0.2, 0) is 19.1 Å². The van der Waals surface area contributed by atoms with Crippen LogP contribution in [0.5, 0.6) is 0 Å². The van der Waals surface area contributed by atoms with Gasteiger partial charge in [-0.25, -0.2) is 4.79 Å². The van der Waals surface area contributed by atoms with Gasteiger partial charge in [-0.1, -0.05) is 48.5 Å². The molecule has 1 unspecified atom stereocenters. The summed E-state index contributed by atoms with van der Waals surface area (Å²) in [5.74, 6) is -1.53. The molecule has 2 aliphatic rings.